The number of nitrogens with two attached hydrogens (primary N) is 2. The van der Waals surface area contributed by atoms with E-state index in [1.165, 1.54) is 18.2 Å². The molecule has 226 valence electrons. The molecule has 4 rings (SSSR count). The Hall–Kier alpha value is -4.88. The predicted octanol–water partition coefficient (Wildman–Crippen LogP) is 3.75. The molecule has 13 heteroatoms. The number of carbonyl (C=O) groups is 2. The van der Waals surface area contributed by atoms with Crippen LogP contribution in [0.5, 0.6) is 11.5 Å². The van der Waals surface area contributed by atoms with Crippen LogP contribution >= 0.6 is 0 Å². The lowest BCUT2D eigenvalue weighted by Gasteiger charge is -2.24. The zero-order chi connectivity index (χ0) is 31.3. The lowest BCUT2D eigenvalue weighted by atomic mass is 10.0. The van der Waals surface area contributed by atoms with Gasteiger partial charge in [-0.1, -0.05) is 18.2 Å². The monoisotopic (exact) mass is 607 g/mol. The van der Waals surface area contributed by atoms with Crippen molar-refractivity contribution in [1.82, 2.24) is 10.3 Å². The molecule has 2 atom stereocenters. The molecule has 1 aromatic heterocycles. The van der Waals surface area contributed by atoms with E-state index in [0.29, 0.717) is 35.2 Å². The van der Waals surface area contributed by atoms with Crippen LogP contribution in [0.3, 0.4) is 0 Å². The number of nitrogen functional groups attached to an aromatic ring is 1. The number of benzene rings is 3. The number of nitrogens with zero attached hydrogens (tertiary/aromatic N) is 1. The summed E-state index contributed by atoms with van der Waals surface area (Å²) in [5.41, 5.74) is 7.01. The van der Waals surface area contributed by atoms with Crippen LogP contribution < -0.4 is 31.0 Å². The fourth-order valence-electron chi connectivity index (χ4n) is 4.47. The fourth-order valence-corrected chi connectivity index (χ4v) is 5.03. The number of primary sulfonamides is 1. The first-order chi connectivity index (χ1) is 20.4. The highest BCUT2D eigenvalue weighted by Gasteiger charge is 2.29. The molecule has 7 N–H and O–H groups in total. The van der Waals surface area contributed by atoms with Crippen LogP contribution in [-0.4, -0.2) is 43.1 Å². The Morgan fingerprint density at radius 3 is 2.40 bits per heavy atom. The van der Waals surface area contributed by atoms with Crippen LogP contribution in [0.2, 0.25) is 0 Å². The molecule has 12 nitrogen and oxygen atoms in total. The second kappa shape index (κ2) is 13.0. The van der Waals surface area contributed by atoms with Gasteiger partial charge in [0.2, 0.25) is 15.9 Å². The summed E-state index contributed by atoms with van der Waals surface area (Å²) >= 11 is 0. The molecule has 0 aliphatic carbocycles. The van der Waals surface area contributed by atoms with Crippen molar-refractivity contribution < 1.29 is 32.6 Å². The molecule has 0 spiro atoms. The van der Waals surface area contributed by atoms with Gasteiger partial charge in [0.1, 0.15) is 11.9 Å². The molecule has 3 aromatic carbocycles. The SMILES string of the molecule is CCOc1cc(C(Nc2ccc3c(N)nccc3c2)C(=O)NC(C(=O)O)c2cccc(S(N)(=O)=O)c2)ccc1OC(C)C. The van der Waals surface area contributed by atoms with Crippen molar-refractivity contribution in [2.24, 2.45) is 5.14 Å². The zero-order valence-electron chi connectivity index (χ0n) is 23.8. The van der Waals surface area contributed by atoms with Gasteiger partial charge >= 0.3 is 5.97 Å². The summed E-state index contributed by atoms with van der Waals surface area (Å²) in [4.78, 5) is 30.0. The van der Waals surface area contributed by atoms with Crippen LogP contribution in [-0.2, 0) is 19.6 Å². The number of carboxylic acid groups (broad SMARTS) is 1. The van der Waals surface area contributed by atoms with E-state index in [9.17, 15) is 23.1 Å². The maximum Gasteiger partial charge on any atom is 0.330 e. The molecule has 4 aromatic rings. The molecular weight excluding hydrogens is 574 g/mol. The number of ether oxygens (including phenoxy) is 2. The summed E-state index contributed by atoms with van der Waals surface area (Å²) in [6.45, 7) is 5.90. The Morgan fingerprint density at radius 2 is 1.72 bits per heavy atom. The van der Waals surface area contributed by atoms with E-state index in [1.807, 2.05) is 20.8 Å². The molecule has 0 bridgehead atoms. The van der Waals surface area contributed by atoms with Gasteiger partial charge in [-0.2, -0.15) is 0 Å². The van der Waals surface area contributed by atoms with Crippen molar-refractivity contribution in [3.63, 3.8) is 0 Å². The first-order valence-corrected chi connectivity index (χ1v) is 14.9. The largest absolute Gasteiger partial charge is 0.490 e. The summed E-state index contributed by atoms with van der Waals surface area (Å²) in [6, 6.07) is 14.5. The van der Waals surface area contributed by atoms with Crippen molar-refractivity contribution >= 4 is 44.2 Å². The van der Waals surface area contributed by atoms with E-state index >= 15 is 0 Å². The topological polar surface area (TPSA) is 196 Å². The second-order valence-corrected chi connectivity index (χ2v) is 11.5. The Bertz CT molecular complexity index is 1760. The number of sulfonamides is 1. The number of nitrogens with one attached hydrogen (secondary N) is 2. The number of fused-ring (bicyclic) bond motifs is 1. The minimum absolute atomic E-state index is 0.0236. The highest BCUT2D eigenvalue weighted by molar-refractivity contribution is 7.89. The Labute approximate surface area is 249 Å². The molecule has 1 heterocycles. The number of anilines is 2. The summed E-state index contributed by atoms with van der Waals surface area (Å²) in [5.74, 6) is -0.866. The van der Waals surface area contributed by atoms with Gasteiger partial charge < -0.3 is 30.9 Å². The van der Waals surface area contributed by atoms with Gasteiger partial charge in [0.05, 0.1) is 17.6 Å². The minimum Gasteiger partial charge on any atom is -0.490 e. The number of rotatable bonds is 12. The van der Waals surface area contributed by atoms with Crippen LogP contribution in [0.25, 0.3) is 10.8 Å². The number of hydrogen-bond acceptors (Lipinski definition) is 9. The number of carbonyl (C=O) groups excluding carboxylic acids is 1. The molecule has 0 radical (unpaired) electrons. The Kier molecular flexibility index (Phi) is 9.37. The van der Waals surface area contributed by atoms with Gasteiger partial charge in [-0.05, 0) is 85.8 Å². The lowest BCUT2D eigenvalue weighted by Crippen LogP contribution is -2.39. The minimum atomic E-state index is -4.11. The van der Waals surface area contributed by atoms with Gasteiger partial charge in [0, 0.05) is 17.3 Å². The van der Waals surface area contributed by atoms with E-state index in [2.05, 4.69) is 15.6 Å². The summed E-state index contributed by atoms with van der Waals surface area (Å²) in [7, 11) is -4.11. The molecule has 0 saturated heterocycles. The molecule has 0 aliphatic rings. The van der Waals surface area contributed by atoms with E-state index in [4.69, 9.17) is 20.3 Å². The van der Waals surface area contributed by atoms with E-state index in [1.54, 1.807) is 48.7 Å². The van der Waals surface area contributed by atoms with Gasteiger partial charge in [0.15, 0.2) is 17.5 Å². The van der Waals surface area contributed by atoms with Crippen molar-refractivity contribution in [1.29, 1.82) is 0 Å². The van der Waals surface area contributed by atoms with Crippen molar-refractivity contribution in [2.45, 2.75) is 43.9 Å². The Balaban J connectivity index is 1.76. The van der Waals surface area contributed by atoms with Crippen molar-refractivity contribution in [3.8, 4) is 11.5 Å². The first kappa shape index (κ1) is 31.1. The summed E-state index contributed by atoms with van der Waals surface area (Å²) in [6.07, 6.45) is 1.44. The smallest absolute Gasteiger partial charge is 0.330 e. The van der Waals surface area contributed by atoms with Crippen LogP contribution in [0, 0.1) is 0 Å². The molecule has 0 fully saturated rings. The predicted molar refractivity (Wildman–Crippen MR) is 162 cm³/mol. The number of aliphatic carboxylic acids is 1. The zero-order valence-corrected chi connectivity index (χ0v) is 24.6. The number of aromatic nitrogens is 1. The van der Waals surface area contributed by atoms with E-state index in [-0.39, 0.29) is 16.6 Å². The number of pyridine rings is 1. The molecule has 0 aliphatic heterocycles. The van der Waals surface area contributed by atoms with E-state index < -0.39 is 34.0 Å². The third kappa shape index (κ3) is 7.50. The first-order valence-electron chi connectivity index (χ1n) is 13.4. The van der Waals surface area contributed by atoms with Crippen molar-refractivity contribution in [2.75, 3.05) is 17.7 Å². The standard InChI is InChI=1S/C30H33N5O7S/c1-4-41-25-16-20(8-11-24(25)42-17(2)3)26(34-21-9-10-23-18(14-21)12-13-33-28(23)31)29(36)35-27(30(37)38)19-6-5-7-22(15-19)43(32,39)40/h5-17,26-27,34H,4H2,1-3H3,(H2,31,33)(H,35,36)(H,37,38)(H2,32,39,40). The maximum atomic E-state index is 13.9. The average molecular weight is 608 g/mol. The molecule has 0 saturated carbocycles. The molecule has 2 unspecified atom stereocenters. The summed E-state index contributed by atoms with van der Waals surface area (Å²) < 4.78 is 35.4. The second-order valence-electron chi connectivity index (χ2n) is 9.91. The summed E-state index contributed by atoms with van der Waals surface area (Å²) in [5, 5.41) is 22.5. The third-order valence-corrected chi connectivity index (χ3v) is 7.30. The van der Waals surface area contributed by atoms with Crippen LogP contribution in [0.4, 0.5) is 11.5 Å². The van der Waals surface area contributed by atoms with Crippen LogP contribution in [0.15, 0.2) is 77.8 Å². The van der Waals surface area contributed by atoms with Gasteiger partial charge in [-0.25, -0.2) is 23.3 Å². The number of carboxylic acids is 1. The molecular formula is C30H33N5O7S. The lowest BCUT2D eigenvalue weighted by molar-refractivity contribution is -0.142. The average Bonchev–Trinajstić information content (AvgIpc) is 2.95. The van der Waals surface area contributed by atoms with E-state index in [0.717, 1.165) is 16.8 Å². The number of hydrogen-bond donors (Lipinski definition) is 5. The highest BCUT2D eigenvalue weighted by atomic mass is 32.2. The van der Waals surface area contributed by atoms with Crippen molar-refractivity contribution in [3.05, 3.63) is 84.1 Å². The maximum absolute atomic E-state index is 13.9. The Morgan fingerprint density at radius 1 is 0.977 bits per heavy atom. The molecule has 43 heavy (non-hydrogen) atoms. The number of amides is 1. The fraction of sp³-hybridized carbons (Fsp3) is 0.233. The quantitative estimate of drug-likeness (QED) is 0.158. The van der Waals surface area contributed by atoms with Gasteiger partial charge in [0.25, 0.3) is 0 Å². The molecule has 1 amide bonds. The third-order valence-electron chi connectivity index (χ3n) is 6.39. The van der Waals surface area contributed by atoms with Crippen LogP contribution in [0.1, 0.15) is 44.0 Å². The normalized spacial score (nSPS) is 12.9. The van der Waals surface area contributed by atoms with Gasteiger partial charge in [-0.15, -0.1) is 0 Å². The van der Waals surface area contributed by atoms with Gasteiger partial charge in [-0.3, -0.25) is 4.79 Å². The highest BCUT2D eigenvalue weighted by Crippen LogP contribution is 2.34.